The number of aliphatic carboxylic acids is 1. The number of aliphatic hydroxyl groups excluding tert-OH is 1. The van der Waals surface area contributed by atoms with Crippen LogP contribution in [0.2, 0.25) is 0 Å². The first-order chi connectivity index (χ1) is 6.40. The zero-order valence-corrected chi connectivity index (χ0v) is 10.8. The van der Waals surface area contributed by atoms with Gasteiger partial charge in [-0.1, -0.05) is 0 Å². The molecule has 82 valence electrons. The molecule has 0 spiro atoms. The van der Waals surface area contributed by atoms with Gasteiger partial charge in [0, 0.05) is 12.4 Å². The summed E-state index contributed by atoms with van der Waals surface area (Å²) >= 11 is 0. The molecule has 0 saturated carbocycles. The first-order valence-electron chi connectivity index (χ1n) is 3.38. The van der Waals surface area contributed by atoms with E-state index in [1.807, 2.05) is 0 Å². The van der Waals surface area contributed by atoms with Gasteiger partial charge in [-0.2, -0.15) is 4.89 Å². The van der Waals surface area contributed by atoms with E-state index in [1.165, 1.54) is 0 Å². The van der Waals surface area contributed by atoms with Crippen LogP contribution in [0.3, 0.4) is 0 Å². The molecule has 1 atom stereocenters. The Morgan fingerprint density at radius 3 is 2.27 bits per heavy atom. The Balaban J connectivity index is 0. The maximum atomic E-state index is 10.8. The third-order valence-electron chi connectivity index (χ3n) is 1.06. The van der Waals surface area contributed by atoms with Crippen molar-refractivity contribution in [3.63, 3.8) is 0 Å². The molecule has 0 amide bonds. The van der Waals surface area contributed by atoms with Gasteiger partial charge in [0.1, 0.15) is 0 Å². The Bertz CT molecular complexity index is 266. The summed E-state index contributed by atoms with van der Waals surface area (Å²) in [6.45, 7) is -1.00. The van der Waals surface area contributed by atoms with Gasteiger partial charge in [-0.25, -0.2) is 4.57 Å². The SMILES string of the molecule is O=C([O-])CCC(=O)P(=O)(O)OOCO.[Na+]. The van der Waals surface area contributed by atoms with Crippen molar-refractivity contribution in [2.24, 2.45) is 0 Å². The summed E-state index contributed by atoms with van der Waals surface area (Å²) in [5.41, 5.74) is -1.32. The number of carbonyl (C=O) groups is 2. The predicted octanol–water partition coefficient (Wildman–Crippen LogP) is -4.87. The second-order valence-corrected chi connectivity index (χ2v) is 3.80. The van der Waals surface area contributed by atoms with Crippen LogP contribution in [0.4, 0.5) is 0 Å². The molecule has 10 heteroatoms. The molecule has 0 aliphatic rings. The minimum atomic E-state index is -4.67. The molecular formula is C5H8NaO8P. The van der Waals surface area contributed by atoms with Gasteiger partial charge in [0.2, 0.25) is 5.52 Å². The molecule has 0 rings (SSSR count). The van der Waals surface area contributed by atoms with Gasteiger partial charge in [-0.05, 0) is 6.42 Å². The third kappa shape index (κ3) is 8.06. The Labute approximate surface area is 107 Å². The van der Waals surface area contributed by atoms with Crippen LogP contribution in [0.1, 0.15) is 12.8 Å². The van der Waals surface area contributed by atoms with E-state index in [2.05, 4.69) is 9.56 Å². The normalized spacial score (nSPS) is 13.7. The summed E-state index contributed by atoms with van der Waals surface area (Å²) in [4.78, 5) is 33.1. The predicted molar refractivity (Wildman–Crippen MR) is 38.3 cm³/mol. The van der Waals surface area contributed by atoms with E-state index in [0.29, 0.717) is 0 Å². The fraction of sp³-hybridized carbons (Fsp3) is 0.600. The zero-order chi connectivity index (χ0) is 11.2. The molecule has 0 radical (unpaired) electrons. The fourth-order valence-corrected chi connectivity index (χ4v) is 1.15. The summed E-state index contributed by atoms with van der Waals surface area (Å²) in [6, 6.07) is 0. The quantitative estimate of drug-likeness (QED) is 0.151. The van der Waals surface area contributed by atoms with E-state index in [9.17, 15) is 19.3 Å². The van der Waals surface area contributed by atoms with Crippen molar-refractivity contribution in [3.8, 4) is 0 Å². The molecular weight excluding hydrogens is 242 g/mol. The monoisotopic (exact) mass is 250 g/mol. The maximum Gasteiger partial charge on any atom is 1.00 e. The van der Waals surface area contributed by atoms with Gasteiger partial charge < -0.3 is 19.9 Å². The number of carboxylic acid groups (broad SMARTS) is 1. The van der Waals surface area contributed by atoms with Gasteiger partial charge in [-0.3, -0.25) is 4.79 Å². The first-order valence-corrected chi connectivity index (χ1v) is 4.96. The Morgan fingerprint density at radius 2 is 1.87 bits per heavy atom. The Hall–Kier alpha value is 0.210. The maximum absolute atomic E-state index is 10.8. The van der Waals surface area contributed by atoms with Crippen molar-refractivity contribution >= 4 is 19.1 Å². The fourth-order valence-electron chi connectivity index (χ4n) is 0.487. The van der Waals surface area contributed by atoms with Crippen LogP contribution in [0.15, 0.2) is 0 Å². The van der Waals surface area contributed by atoms with E-state index in [-0.39, 0.29) is 29.6 Å². The number of hydrogen-bond donors (Lipinski definition) is 2. The topological polar surface area (TPSA) is 133 Å². The van der Waals surface area contributed by atoms with E-state index in [4.69, 9.17) is 10.00 Å². The van der Waals surface area contributed by atoms with Crippen molar-refractivity contribution in [2.75, 3.05) is 6.79 Å². The summed E-state index contributed by atoms with van der Waals surface area (Å²) in [7, 11) is -4.67. The largest absolute Gasteiger partial charge is 1.00 e. The van der Waals surface area contributed by atoms with Crippen LogP contribution in [0, 0.1) is 0 Å². The molecule has 2 N–H and O–H groups in total. The summed E-state index contributed by atoms with van der Waals surface area (Å²) in [5, 5.41) is 17.9. The van der Waals surface area contributed by atoms with Crippen molar-refractivity contribution in [1.29, 1.82) is 0 Å². The minimum absolute atomic E-state index is 0. The van der Waals surface area contributed by atoms with Gasteiger partial charge in [0.25, 0.3) is 0 Å². The molecule has 15 heavy (non-hydrogen) atoms. The Kier molecular flexibility index (Phi) is 9.82. The average Bonchev–Trinajstić information content (AvgIpc) is 2.10. The number of rotatable bonds is 7. The second kappa shape index (κ2) is 8.37. The molecule has 0 aliphatic carbocycles. The van der Waals surface area contributed by atoms with Crippen molar-refractivity contribution in [2.45, 2.75) is 12.8 Å². The molecule has 0 aromatic heterocycles. The first kappa shape index (κ1) is 17.6. The van der Waals surface area contributed by atoms with Gasteiger partial charge in [-0.15, -0.1) is 4.67 Å². The number of hydrogen-bond acceptors (Lipinski definition) is 7. The molecule has 0 bridgehead atoms. The molecule has 0 aromatic carbocycles. The van der Waals surface area contributed by atoms with Gasteiger partial charge in [0.15, 0.2) is 6.79 Å². The standard InChI is InChI=1S/C5H9O8P.Na/c6-3-12-13-14(10,11)5(9)2-1-4(7)8;/h6H,1-3H2,(H,7,8)(H,10,11);/q;+1/p-1. The molecule has 8 nitrogen and oxygen atoms in total. The second-order valence-electron chi connectivity index (χ2n) is 2.11. The van der Waals surface area contributed by atoms with Gasteiger partial charge in [0.05, 0.1) is 0 Å². The van der Waals surface area contributed by atoms with E-state index < -0.39 is 38.7 Å². The van der Waals surface area contributed by atoms with E-state index in [1.54, 1.807) is 0 Å². The van der Waals surface area contributed by atoms with Crippen molar-refractivity contribution < 1.29 is 68.4 Å². The van der Waals surface area contributed by atoms with Crippen LogP contribution < -0.4 is 34.7 Å². The van der Waals surface area contributed by atoms with Crippen LogP contribution >= 0.6 is 7.60 Å². The number of carboxylic acids is 1. The molecule has 0 heterocycles. The van der Waals surface area contributed by atoms with Crippen LogP contribution in [-0.2, 0) is 23.7 Å². The smallest absolute Gasteiger partial charge is 0.550 e. The molecule has 0 aromatic rings. The third-order valence-corrected chi connectivity index (χ3v) is 2.23. The van der Waals surface area contributed by atoms with Crippen LogP contribution in [-0.4, -0.2) is 28.3 Å². The minimum Gasteiger partial charge on any atom is -0.550 e. The van der Waals surface area contributed by atoms with Crippen LogP contribution in [0.25, 0.3) is 0 Å². The average molecular weight is 250 g/mol. The van der Waals surface area contributed by atoms with Crippen molar-refractivity contribution in [1.82, 2.24) is 0 Å². The molecule has 0 fully saturated rings. The number of aliphatic hydroxyl groups is 1. The zero-order valence-electron chi connectivity index (χ0n) is 7.91. The Morgan fingerprint density at radius 1 is 1.33 bits per heavy atom. The van der Waals surface area contributed by atoms with Crippen molar-refractivity contribution in [3.05, 3.63) is 0 Å². The van der Waals surface area contributed by atoms with E-state index in [0.717, 1.165) is 0 Å². The summed E-state index contributed by atoms with van der Waals surface area (Å²) in [5.74, 6) is -1.53. The van der Waals surface area contributed by atoms with Crippen LogP contribution in [0.5, 0.6) is 0 Å². The number of carbonyl (C=O) groups excluding carboxylic acids is 2. The molecule has 1 unspecified atom stereocenters. The molecule has 0 aliphatic heterocycles. The molecule has 0 saturated heterocycles. The van der Waals surface area contributed by atoms with Gasteiger partial charge >= 0.3 is 37.2 Å². The summed E-state index contributed by atoms with van der Waals surface area (Å²) in [6.07, 6.45) is -1.39. The van der Waals surface area contributed by atoms with E-state index >= 15 is 0 Å². The summed E-state index contributed by atoms with van der Waals surface area (Å²) < 4.78 is 14.5.